The van der Waals surface area contributed by atoms with Gasteiger partial charge in [0.05, 0.1) is 19.3 Å². The van der Waals surface area contributed by atoms with Crippen LogP contribution in [0.4, 0.5) is 0 Å². The Bertz CT molecular complexity index is 911. The number of oxazole rings is 1. The van der Waals surface area contributed by atoms with Gasteiger partial charge in [0, 0.05) is 14.2 Å². The van der Waals surface area contributed by atoms with Crippen LogP contribution in [0.15, 0.2) is 20.2 Å². The zero-order valence-corrected chi connectivity index (χ0v) is 11.4. The summed E-state index contributed by atoms with van der Waals surface area (Å²) >= 11 is 0. The van der Waals surface area contributed by atoms with Gasteiger partial charge >= 0.3 is 11.5 Å². The highest BCUT2D eigenvalue weighted by atomic mass is 16.5. The van der Waals surface area contributed by atoms with Crippen molar-refractivity contribution in [3.63, 3.8) is 0 Å². The van der Waals surface area contributed by atoms with E-state index in [0.717, 1.165) is 4.57 Å². The second-order valence-electron chi connectivity index (χ2n) is 4.57. The summed E-state index contributed by atoms with van der Waals surface area (Å²) in [5.74, 6) is 0.945. The minimum atomic E-state index is -0.419. The minimum absolute atomic E-state index is 0.196. The Morgan fingerprint density at radius 1 is 1.40 bits per heavy atom. The normalized spacial score (nSPS) is 11.8. The van der Waals surface area contributed by atoms with E-state index in [0.29, 0.717) is 22.8 Å². The van der Waals surface area contributed by atoms with Crippen LogP contribution in [0.25, 0.3) is 17.0 Å². The molecule has 0 bridgehead atoms. The van der Waals surface area contributed by atoms with Crippen molar-refractivity contribution in [3.8, 4) is 0 Å². The van der Waals surface area contributed by atoms with E-state index in [-0.39, 0.29) is 13.2 Å². The van der Waals surface area contributed by atoms with Crippen LogP contribution in [0.3, 0.4) is 0 Å². The Labute approximate surface area is 112 Å². The first-order valence-electron chi connectivity index (χ1n) is 6.11. The highest BCUT2D eigenvalue weighted by Gasteiger charge is 2.18. The number of methoxy groups -OCH3 is 1. The van der Waals surface area contributed by atoms with Crippen LogP contribution in [0, 0.1) is 6.92 Å². The fraction of sp³-hybridized carbons (Fsp3) is 0.417. The molecule has 0 saturated carbocycles. The van der Waals surface area contributed by atoms with E-state index in [9.17, 15) is 9.59 Å². The van der Waals surface area contributed by atoms with E-state index in [4.69, 9.17) is 9.15 Å². The predicted molar refractivity (Wildman–Crippen MR) is 71.1 cm³/mol. The van der Waals surface area contributed by atoms with E-state index >= 15 is 0 Å². The number of fused-ring (bicyclic) bond motifs is 3. The van der Waals surface area contributed by atoms with Crippen LogP contribution in [0.1, 0.15) is 5.76 Å². The molecule has 0 unspecified atom stereocenters. The minimum Gasteiger partial charge on any atom is -0.428 e. The first-order chi connectivity index (χ1) is 9.54. The number of aryl methyl sites for hydroxylation is 2. The second kappa shape index (κ2) is 4.34. The first-order valence-corrected chi connectivity index (χ1v) is 6.11. The largest absolute Gasteiger partial charge is 0.428 e. The molecule has 0 aromatic carbocycles. The summed E-state index contributed by atoms with van der Waals surface area (Å²) < 4.78 is 14.4. The SMILES string of the molecule is COCCn1c(=O)c2c(nc3oc(C)cn32)n(C)c1=O. The maximum absolute atomic E-state index is 12.5. The summed E-state index contributed by atoms with van der Waals surface area (Å²) in [6.45, 7) is 2.25. The van der Waals surface area contributed by atoms with Gasteiger partial charge in [-0.25, -0.2) is 4.79 Å². The summed E-state index contributed by atoms with van der Waals surface area (Å²) in [4.78, 5) is 28.8. The maximum atomic E-state index is 12.5. The molecule has 0 atom stereocenters. The van der Waals surface area contributed by atoms with Gasteiger partial charge in [-0.05, 0) is 6.92 Å². The quantitative estimate of drug-likeness (QED) is 0.668. The topological polar surface area (TPSA) is 83.7 Å². The Kier molecular flexibility index (Phi) is 2.75. The van der Waals surface area contributed by atoms with Crippen molar-refractivity contribution in [2.45, 2.75) is 13.5 Å². The van der Waals surface area contributed by atoms with Crippen LogP contribution in [-0.2, 0) is 18.3 Å². The van der Waals surface area contributed by atoms with Gasteiger partial charge in [-0.1, -0.05) is 0 Å². The molecule has 106 valence electrons. The first kappa shape index (κ1) is 12.7. The summed E-state index contributed by atoms with van der Waals surface area (Å²) in [7, 11) is 3.09. The number of nitrogens with zero attached hydrogens (tertiary/aromatic N) is 4. The molecule has 0 amide bonds. The van der Waals surface area contributed by atoms with Gasteiger partial charge in [-0.15, -0.1) is 0 Å². The number of aromatic nitrogens is 4. The van der Waals surface area contributed by atoms with Crippen molar-refractivity contribution in [2.24, 2.45) is 7.05 Å². The Hall–Kier alpha value is -2.35. The molecule has 0 aliphatic heterocycles. The van der Waals surface area contributed by atoms with Crippen LogP contribution in [0.2, 0.25) is 0 Å². The number of hydrogen-bond acceptors (Lipinski definition) is 5. The lowest BCUT2D eigenvalue weighted by atomic mass is 10.5. The molecule has 0 spiro atoms. The summed E-state index contributed by atoms with van der Waals surface area (Å²) in [5, 5.41) is 0. The van der Waals surface area contributed by atoms with Crippen molar-refractivity contribution >= 4 is 17.0 Å². The highest BCUT2D eigenvalue weighted by molar-refractivity contribution is 5.74. The molecule has 0 fully saturated rings. The van der Waals surface area contributed by atoms with Crippen molar-refractivity contribution in [2.75, 3.05) is 13.7 Å². The van der Waals surface area contributed by atoms with Gasteiger partial charge in [0.1, 0.15) is 5.76 Å². The van der Waals surface area contributed by atoms with Crippen molar-refractivity contribution < 1.29 is 9.15 Å². The van der Waals surface area contributed by atoms with Crippen molar-refractivity contribution in [3.05, 3.63) is 32.8 Å². The van der Waals surface area contributed by atoms with Crippen LogP contribution >= 0.6 is 0 Å². The maximum Gasteiger partial charge on any atom is 0.332 e. The standard InChI is InChI=1S/C12H14N4O4/c1-7-6-16-8-9(13-11(16)20-7)14(2)12(18)15(10(8)17)4-5-19-3/h6H,4-5H2,1-3H3. The molecule has 0 N–H and O–H groups in total. The zero-order chi connectivity index (χ0) is 14.4. The fourth-order valence-corrected chi connectivity index (χ4v) is 2.24. The third-order valence-electron chi connectivity index (χ3n) is 3.23. The Morgan fingerprint density at radius 2 is 2.15 bits per heavy atom. The molecular formula is C12H14N4O4. The average molecular weight is 278 g/mol. The monoisotopic (exact) mass is 278 g/mol. The lowest BCUT2D eigenvalue weighted by Crippen LogP contribution is -2.40. The van der Waals surface area contributed by atoms with Crippen LogP contribution in [0.5, 0.6) is 0 Å². The van der Waals surface area contributed by atoms with E-state index in [1.165, 1.54) is 11.7 Å². The highest BCUT2D eigenvalue weighted by Crippen LogP contribution is 2.14. The van der Waals surface area contributed by atoms with Crippen molar-refractivity contribution in [1.82, 2.24) is 18.5 Å². The fourth-order valence-electron chi connectivity index (χ4n) is 2.24. The van der Waals surface area contributed by atoms with E-state index in [1.54, 1.807) is 24.6 Å². The zero-order valence-electron chi connectivity index (χ0n) is 11.4. The molecule has 8 heteroatoms. The van der Waals surface area contributed by atoms with Gasteiger partial charge in [0.15, 0.2) is 11.2 Å². The molecule has 0 aliphatic carbocycles. The number of rotatable bonds is 3. The molecule has 8 nitrogen and oxygen atoms in total. The molecule has 3 aromatic rings. The third kappa shape index (κ3) is 1.61. The summed E-state index contributed by atoms with van der Waals surface area (Å²) in [6, 6.07) is 0. The summed E-state index contributed by atoms with van der Waals surface area (Å²) in [6.07, 6.45) is 1.68. The van der Waals surface area contributed by atoms with Crippen molar-refractivity contribution in [1.29, 1.82) is 0 Å². The molecule has 3 heterocycles. The molecular weight excluding hydrogens is 264 g/mol. The smallest absolute Gasteiger partial charge is 0.332 e. The number of hydrogen-bond donors (Lipinski definition) is 0. The summed E-state index contributed by atoms with van der Waals surface area (Å²) in [5.41, 5.74) is -0.173. The second-order valence-corrected chi connectivity index (χ2v) is 4.57. The van der Waals surface area contributed by atoms with E-state index in [2.05, 4.69) is 4.98 Å². The molecule has 0 saturated heterocycles. The lowest BCUT2D eigenvalue weighted by Gasteiger charge is -2.06. The van der Waals surface area contributed by atoms with Gasteiger partial charge in [-0.2, -0.15) is 4.98 Å². The van der Waals surface area contributed by atoms with Gasteiger partial charge < -0.3 is 9.15 Å². The third-order valence-corrected chi connectivity index (χ3v) is 3.23. The van der Waals surface area contributed by atoms with Gasteiger partial charge in [-0.3, -0.25) is 18.3 Å². The van der Waals surface area contributed by atoms with E-state index < -0.39 is 11.2 Å². The molecule has 0 radical (unpaired) electrons. The van der Waals surface area contributed by atoms with Crippen LogP contribution in [-0.4, -0.2) is 32.2 Å². The Morgan fingerprint density at radius 3 is 2.85 bits per heavy atom. The van der Waals surface area contributed by atoms with Crippen LogP contribution < -0.4 is 11.2 Å². The Balaban J connectivity index is 2.44. The van der Waals surface area contributed by atoms with E-state index in [1.807, 2.05) is 0 Å². The molecule has 0 aliphatic rings. The lowest BCUT2D eigenvalue weighted by molar-refractivity contribution is 0.184. The average Bonchev–Trinajstić information content (AvgIpc) is 2.92. The molecule has 3 rings (SSSR count). The molecule has 3 aromatic heterocycles. The van der Waals surface area contributed by atoms with Gasteiger partial charge in [0.2, 0.25) is 0 Å². The predicted octanol–water partition coefficient (Wildman–Crippen LogP) is -0.104. The van der Waals surface area contributed by atoms with Gasteiger partial charge in [0.25, 0.3) is 5.56 Å². The number of imidazole rings is 1. The number of ether oxygens (including phenoxy) is 1. The molecule has 20 heavy (non-hydrogen) atoms.